The van der Waals surface area contributed by atoms with Gasteiger partial charge in [-0.2, -0.15) is 0 Å². The van der Waals surface area contributed by atoms with Gasteiger partial charge < -0.3 is 0 Å². The van der Waals surface area contributed by atoms with Crippen molar-refractivity contribution in [2.75, 3.05) is 6.54 Å². The first-order valence-electron chi connectivity index (χ1n) is 17.4. The summed E-state index contributed by atoms with van der Waals surface area (Å²) < 4.78 is 0.550. The van der Waals surface area contributed by atoms with Gasteiger partial charge in [0.05, 0.1) is 0 Å². The van der Waals surface area contributed by atoms with Gasteiger partial charge in [-0.3, -0.25) is 0 Å². The summed E-state index contributed by atoms with van der Waals surface area (Å²) in [4.78, 5) is 4.81. The normalized spacial score (nSPS) is 14.8. The number of nitrogens with one attached hydrogen (secondary N) is 1. The van der Waals surface area contributed by atoms with Gasteiger partial charge in [0.15, 0.2) is 0 Å². The summed E-state index contributed by atoms with van der Waals surface area (Å²) in [6.45, 7) is 14.4. The summed E-state index contributed by atoms with van der Waals surface area (Å²) in [5.74, 6) is 2.35. The molecule has 0 aromatic carbocycles. The average Bonchev–Trinajstić information content (AvgIpc) is 3.69. The summed E-state index contributed by atoms with van der Waals surface area (Å²) in [7, 11) is 0. The molecule has 1 N–H and O–H groups in total. The van der Waals surface area contributed by atoms with Crippen LogP contribution < -0.4 is 5.32 Å². The van der Waals surface area contributed by atoms with Crippen LogP contribution in [0.5, 0.6) is 0 Å². The van der Waals surface area contributed by atoms with E-state index >= 15 is 0 Å². The molecular weight excluding hydrogens is 523 g/mol. The summed E-state index contributed by atoms with van der Waals surface area (Å²) >= 11 is 1.75. The quantitative estimate of drug-likeness (QED) is 0.0510. The van der Waals surface area contributed by atoms with Gasteiger partial charge in [0, 0.05) is 0 Å². The zero-order valence-corrected chi connectivity index (χ0v) is 29.8. The zero-order valence-electron chi connectivity index (χ0n) is 27.4. The summed E-state index contributed by atoms with van der Waals surface area (Å²) in [5.41, 5.74) is 0.121. The number of hydrogen-bond donors (Lipinski definition) is 1. The van der Waals surface area contributed by atoms with Gasteiger partial charge in [0.1, 0.15) is 0 Å². The van der Waals surface area contributed by atoms with Crippen LogP contribution in [0.2, 0.25) is 4.71 Å². The third-order valence-corrected chi connectivity index (χ3v) is 8.30. The van der Waals surface area contributed by atoms with E-state index in [9.17, 15) is 0 Å². The standard InChI is InChI=1S/C21H45AsN2.C14H28/c1-6-7-8-9-10-11-12-13-14-15-16-17-18-23-20(19(2)22)24-21(3,4)5;1-2-3-4-5-6-7-8-9-10-11-14-12-13-14/h19H,6-18,22H2,1-5H3,(H,23,24);14H,2-13H2,1H3. The number of nitrogens with zero attached hydrogens (tertiary/aromatic N) is 1. The molecule has 1 aliphatic rings. The topological polar surface area (TPSA) is 24.4 Å². The van der Waals surface area contributed by atoms with Crippen molar-refractivity contribution in [1.82, 2.24) is 5.32 Å². The average molecular weight is 597 g/mol. The second-order valence-electron chi connectivity index (χ2n) is 13.4. The Hall–Kier alpha value is 0.0284. The van der Waals surface area contributed by atoms with Crippen LogP contribution in [0.15, 0.2) is 4.99 Å². The van der Waals surface area contributed by atoms with Gasteiger partial charge in [-0.15, -0.1) is 0 Å². The van der Waals surface area contributed by atoms with E-state index in [1.807, 2.05) is 0 Å². The maximum atomic E-state index is 4.81. The number of unbranched alkanes of at least 4 members (excludes halogenated alkanes) is 19. The maximum absolute atomic E-state index is 4.81. The van der Waals surface area contributed by atoms with E-state index in [0.717, 1.165) is 12.5 Å². The Bertz CT molecular complexity index is 505. The molecule has 2 unspecified atom stereocenters. The van der Waals surface area contributed by atoms with Crippen LogP contribution in [0.4, 0.5) is 0 Å². The van der Waals surface area contributed by atoms with E-state index in [0.29, 0.717) is 4.71 Å². The molecule has 0 radical (unpaired) electrons. The van der Waals surface area contributed by atoms with E-state index in [4.69, 9.17) is 4.99 Å². The Morgan fingerprint density at radius 3 is 1.37 bits per heavy atom. The first-order chi connectivity index (χ1) is 18.3. The second-order valence-corrected chi connectivity index (χ2v) is 15.5. The molecule has 0 saturated heterocycles. The van der Waals surface area contributed by atoms with Crippen molar-refractivity contribution in [2.24, 2.45) is 10.9 Å². The summed E-state index contributed by atoms with van der Waals surface area (Å²) in [6.07, 6.45) is 34.7. The molecule has 0 heterocycles. The molecule has 228 valence electrons. The van der Waals surface area contributed by atoms with Crippen molar-refractivity contribution in [3.63, 3.8) is 0 Å². The van der Waals surface area contributed by atoms with Gasteiger partial charge in [-0.1, -0.05) is 117 Å². The Balaban J connectivity index is 0.000000824. The predicted octanol–water partition coefficient (Wildman–Crippen LogP) is 11.2. The van der Waals surface area contributed by atoms with Crippen LogP contribution in [0.1, 0.15) is 196 Å². The Kier molecular flexibility index (Phi) is 27.2. The first kappa shape index (κ1) is 38.0. The van der Waals surface area contributed by atoms with Gasteiger partial charge in [-0.05, 0) is 5.92 Å². The summed E-state index contributed by atoms with van der Waals surface area (Å²) in [6, 6.07) is 0. The molecule has 3 heteroatoms. The van der Waals surface area contributed by atoms with E-state index < -0.39 is 0 Å². The molecule has 1 fully saturated rings. The van der Waals surface area contributed by atoms with Crippen molar-refractivity contribution in [3.8, 4) is 0 Å². The van der Waals surface area contributed by atoms with Crippen LogP contribution in [0.3, 0.4) is 0 Å². The Morgan fingerprint density at radius 2 is 1.03 bits per heavy atom. The van der Waals surface area contributed by atoms with Crippen molar-refractivity contribution in [2.45, 2.75) is 206 Å². The van der Waals surface area contributed by atoms with Crippen LogP contribution in [-0.2, 0) is 0 Å². The molecule has 1 rings (SSSR count). The van der Waals surface area contributed by atoms with Crippen molar-refractivity contribution in [3.05, 3.63) is 0 Å². The number of aliphatic imine (C=N–C) groups is 1. The molecule has 0 amide bonds. The van der Waals surface area contributed by atoms with E-state index in [2.05, 4.69) is 46.9 Å². The zero-order chi connectivity index (χ0) is 28.3. The minimum atomic E-state index is 0.121. The van der Waals surface area contributed by atoms with Crippen molar-refractivity contribution in [1.29, 1.82) is 0 Å². The molecule has 0 aromatic heterocycles. The van der Waals surface area contributed by atoms with Crippen molar-refractivity contribution >= 4 is 22.7 Å². The molecule has 2 nitrogen and oxygen atoms in total. The molecule has 2 atom stereocenters. The molecule has 0 aromatic rings. The molecule has 0 aliphatic heterocycles. The monoisotopic (exact) mass is 596 g/mol. The molecular formula is C35H73AsN2. The molecule has 0 bridgehead atoms. The predicted molar refractivity (Wildman–Crippen MR) is 179 cm³/mol. The van der Waals surface area contributed by atoms with E-state index in [1.54, 1.807) is 16.9 Å². The Morgan fingerprint density at radius 1 is 0.658 bits per heavy atom. The molecule has 1 aliphatic carbocycles. The fourth-order valence-corrected chi connectivity index (χ4v) is 5.38. The third kappa shape index (κ3) is 30.6. The van der Waals surface area contributed by atoms with Crippen LogP contribution in [0.25, 0.3) is 0 Å². The van der Waals surface area contributed by atoms with Crippen LogP contribution >= 0.6 is 0 Å². The third-order valence-electron chi connectivity index (χ3n) is 7.64. The van der Waals surface area contributed by atoms with Gasteiger partial charge in [0.2, 0.25) is 0 Å². The fourth-order valence-electron chi connectivity index (χ4n) is 4.98. The summed E-state index contributed by atoms with van der Waals surface area (Å²) in [5, 5.41) is 3.56. The van der Waals surface area contributed by atoms with Gasteiger partial charge >= 0.3 is 129 Å². The fraction of sp³-hybridized carbons (Fsp3) is 0.971. The SMILES string of the molecule is CCCCCCCCCCCC1CC1.CCCCCCCCCCCCCCN=C(NC(C)(C)C)C(C)[AsH2]. The second kappa shape index (κ2) is 27.2. The van der Waals surface area contributed by atoms with E-state index in [1.165, 1.54) is 160 Å². The number of rotatable bonds is 24. The van der Waals surface area contributed by atoms with Crippen molar-refractivity contribution < 1.29 is 0 Å². The number of amidine groups is 1. The molecule has 0 spiro atoms. The van der Waals surface area contributed by atoms with E-state index in [-0.39, 0.29) is 5.54 Å². The molecule has 38 heavy (non-hydrogen) atoms. The van der Waals surface area contributed by atoms with Gasteiger partial charge in [-0.25, -0.2) is 0 Å². The van der Waals surface area contributed by atoms with Crippen LogP contribution in [-0.4, -0.2) is 34.8 Å². The van der Waals surface area contributed by atoms with Gasteiger partial charge in [0.25, 0.3) is 0 Å². The minimum absolute atomic E-state index is 0.121. The molecule has 1 saturated carbocycles. The first-order valence-corrected chi connectivity index (χ1v) is 18.8. The number of hydrogen-bond acceptors (Lipinski definition) is 1. The Labute approximate surface area is 250 Å². The van der Waals surface area contributed by atoms with Crippen LogP contribution in [0, 0.1) is 5.92 Å².